The van der Waals surface area contributed by atoms with Crippen LogP contribution in [0.2, 0.25) is 0 Å². The number of likely N-dealkylation sites (tertiary alicyclic amines) is 1. The second kappa shape index (κ2) is 5.10. The summed E-state index contributed by atoms with van der Waals surface area (Å²) in [7, 11) is 0. The molecule has 1 saturated heterocycles. The highest BCUT2D eigenvalue weighted by Gasteiger charge is 2.31. The molecule has 96 valence electrons. The Morgan fingerprint density at radius 1 is 1.44 bits per heavy atom. The monoisotopic (exact) mass is 311 g/mol. The number of rotatable bonds is 2. The highest BCUT2D eigenvalue weighted by atomic mass is 79.9. The summed E-state index contributed by atoms with van der Waals surface area (Å²) in [5.41, 5.74) is 1.54. The molecule has 0 bridgehead atoms. The third-order valence-corrected chi connectivity index (χ3v) is 3.75. The average molecular weight is 312 g/mol. The fraction of sp³-hybridized carbons (Fsp3) is 0.385. The van der Waals surface area contributed by atoms with Crippen LogP contribution in [0.4, 0.5) is 0 Å². The molecule has 5 heteroatoms. The highest BCUT2D eigenvalue weighted by Crippen LogP contribution is 2.22. The molecule has 0 spiro atoms. The van der Waals surface area contributed by atoms with Crippen LogP contribution in [0, 0.1) is 12.8 Å². The van der Waals surface area contributed by atoms with Gasteiger partial charge in [0.15, 0.2) is 0 Å². The summed E-state index contributed by atoms with van der Waals surface area (Å²) in [5.74, 6) is -1.34. The molecule has 1 aromatic carbocycles. The number of aliphatic carboxylic acids is 1. The lowest BCUT2D eigenvalue weighted by Crippen LogP contribution is -2.30. The lowest BCUT2D eigenvalue weighted by Gasteiger charge is -2.17. The SMILES string of the molecule is Cc1ccc(Br)cc1C(=O)N1CC[C@@H](C(=O)O)C1. The van der Waals surface area contributed by atoms with Crippen molar-refractivity contribution in [3.63, 3.8) is 0 Å². The Morgan fingerprint density at radius 2 is 2.17 bits per heavy atom. The van der Waals surface area contributed by atoms with E-state index in [4.69, 9.17) is 5.11 Å². The summed E-state index contributed by atoms with van der Waals surface area (Å²) in [6, 6.07) is 5.55. The Morgan fingerprint density at radius 3 is 2.78 bits per heavy atom. The molecule has 0 radical (unpaired) electrons. The van der Waals surface area contributed by atoms with Crippen molar-refractivity contribution >= 4 is 27.8 Å². The number of halogens is 1. The van der Waals surface area contributed by atoms with Crippen molar-refractivity contribution in [2.24, 2.45) is 5.92 Å². The molecular formula is C13H14BrNO3. The van der Waals surface area contributed by atoms with Gasteiger partial charge in [0.2, 0.25) is 0 Å². The van der Waals surface area contributed by atoms with Gasteiger partial charge in [0.1, 0.15) is 0 Å². The van der Waals surface area contributed by atoms with Crippen LogP contribution in [0.25, 0.3) is 0 Å². The van der Waals surface area contributed by atoms with Crippen LogP contribution in [0.3, 0.4) is 0 Å². The van der Waals surface area contributed by atoms with Crippen molar-refractivity contribution in [1.29, 1.82) is 0 Å². The number of carboxylic acids is 1. The molecule has 0 aliphatic carbocycles. The van der Waals surface area contributed by atoms with Crippen molar-refractivity contribution in [3.8, 4) is 0 Å². The molecule has 0 aromatic heterocycles. The number of hydrogen-bond donors (Lipinski definition) is 1. The molecule has 1 aromatic rings. The third kappa shape index (κ3) is 2.56. The van der Waals surface area contributed by atoms with E-state index in [2.05, 4.69) is 15.9 Å². The zero-order valence-corrected chi connectivity index (χ0v) is 11.6. The summed E-state index contributed by atoms with van der Waals surface area (Å²) in [5, 5.41) is 8.94. The van der Waals surface area contributed by atoms with E-state index >= 15 is 0 Å². The number of aryl methyl sites for hydroxylation is 1. The number of carbonyl (C=O) groups is 2. The van der Waals surface area contributed by atoms with E-state index in [1.54, 1.807) is 11.0 Å². The lowest BCUT2D eigenvalue weighted by molar-refractivity contribution is -0.141. The van der Waals surface area contributed by atoms with Crippen molar-refractivity contribution in [1.82, 2.24) is 4.90 Å². The highest BCUT2D eigenvalue weighted by molar-refractivity contribution is 9.10. The van der Waals surface area contributed by atoms with Gasteiger partial charge in [0, 0.05) is 23.1 Å². The summed E-state index contributed by atoms with van der Waals surface area (Å²) in [6.07, 6.45) is 0.536. The molecule has 18 heavy (non-hydrogen) atoms. The zero-order valence-electron chi connectivity index (χ0n) is 10.0. The van der Waals surface area contributed by atoms with Crippen LogP contribution in [0.5, 0.6) is 0 Å². The largest absolute Gasteiger partial charge is 0.481 e. The van der Waals surface area contributed by atoms with Crippen LogP contribution in [0.1, 0.15) is 22.3 Å². The van der Waals surface area contributed by atoms with Gasteiger partial charge in [-0.05, 0) is 31.0 Å². The standard InChI is InChI=1S/C13H14BrNO3/c1-8-2-3-10(14)6-11(8)12(16)15-5-4-9(7-15)13(17)18/h2-3,6,9H,4-5,7H2,1H3,(H,17,18)/t9-/m1/s1. The molecule has 1 amide bonds. The molecule has 1 N–H and O–H groups in total. The molecule has 0 saturated carbocycles. The number of nitrogens with zero attached hydrogens (tertiary/aromatic N) is 1. The van der Waals surface area contributed by atoms with Gasteiger partial charge in [-0.3, -0.25) is 9.59 Å². The number of amides is 1. The minimum absolute atomic E-state index is 0.0856. The van der Waals surface area contributed by atoms with Gasteiger partial charge in [0.25, 0.3) is 5.91 Å². The van der Waals surface area contributed by atoms with E-state index in [1.807, 2.05) is 19.1 Å². The van der Waals surface area contributed by atoms with E-state index in [0.717, 1.165) is 10.0 Å². The number of hydrogen-bond acceptors (Lipinski definition) is 2. The average Bonchev–Trinajstić information content (AvgIpc) is 2.81. The minimum Gasteiger partial charge on any atom is -0.481 e. The topological polar surface area (TPSA) is 57.6 Å². The van der Waals surface area contributed by atoms with Crippen molar-refractivity contribution in [2.45, 2.75) is 13.3 Å². The Hall–Kier alpha value is -1.36. The second-order valence-corrected chi connectivity index (χ2v) is 5.45. The predicted molar refractivity (Wildman–Crippen MR) is 70.5 cm³/mol. The Balaban J connectivity index is 2.17. The number of carboxylic acid groups (broad SMARTS) is 1. The van der Waals surface area contributed by atoms with E-state index in [9.17, 15) is 9.59 Å². The Kier molecular flexibility index (Phi) is 3.71. The molecular weight excluding hydrogens is 298 g/mol. The minimum atomic E-state index is -0.823. The first-order valence-electron chi connectivity index (χ1n) is 5.77. The van der Waals surface area contributed by atoms with Crippen molar-refractivity contribution < 1.29 is 14.7 Å². The first kappa shape index (κ1) is 13.1. The van der Waals surface area contributed by atoms with Crippen LogP contribution in [-0.2, 0) is 4.79 Å². The molecule has 1 heterocycles. The molecule has 1 aliphatic rings. The molecule has 0 unspecified atom stereocenters. The Labute approximate surface area is 114 Å². The van der Waals surface area contributed by atoms with Gasteiger partial charge in [-0.25, -0.2) is 0 Å². The first-order valence-corrected chi connectivity index (χ1v) is 6.56. The molecule has 1 aliphatic heterocycles. The normalized spacial score (nSPS) is 19.0. The first-order chi connectivity index (χ1) is 8.49. The van der Waals surface area contributed by atoms with Crippen LogP contribution < -0.4 is 0 Å². The van der Waals surface area contributed by atoms with Gasteiger partial charge in [-0.1, -0.05) is 22.0 Å². The van der Waals surface area contributed by atoms with E-state index in [1.165, 1.54) is 0 Å². The van der Waals surface area contributed by atoms with Crippen LogP contribution in [-0.4, -0.2) is 35.0 Å². The van der Waals surface area contributed by atoms with Gasteiger partial charge < -0.3 is 10.0 Å². The van der Waals surface area contributed by atoms with Crippen molar-refractivity contribution in [2.75, 3.05) is 13.1 Å². The summed E-state index contributed by atoms with van der Waals surface area (Å²) in [4.78, 5) is 24.8. The van der Waals surface area contributed by atoms with Crippen molar-refractivity contribution in [3.05, 3.63) is 33.8 Å². The summed E-state index contributed by atoms with van der Waals surface area (Å²) >= 11 is 3.34. The molecule has 2 rings (SSSR count). The summed E-state index contributed by atoms with van der Waals surface area (Å²) < 4.78 is 0.852. The quantitative estimate of drug-likeness (QED) is 0.911. The molecule has 4 nitrogen and oxygen atoms in total. The van der Waals surface area contributed by atoms with Gasteiger partial charge in [0.05, 0.1) is 5.92 Å². The molecule has 1 atom stereocenters. The zero-order chi connectivity index (χ0) is 13.3. The van der Waals surface area contributed by atoms with E-state index in [0.29, 0.717) is 25.1 Å². The lowest BCUT2D eigenvalue weighted by atomic mass is 10.1. The van der Waals surface area contributed by atoms with E-state index < -0.39 is 11.9 Å². The van der Waals surface area contributed by atoms with Crippen LogP contribution >= 0.6 is 15.9 Å². The van der Waals surface area contributed by atoms with Gasteiger partial charge in [-0.15, -0.1) is 0 Å². The maximum Gasteiger partial charge on any atom is 0.308 e. The second-order valence-electron chi connectivity index (χ2n) is 4.53. The van der Waals surface area contributed by atoms with E-state index in [-0.39, 0.29) is 5.91 Å². The summed E-state index contributed by atoms with van der Waals surface area (Å²) in [6.45, 7) is 2.70. The van der Waals surface area contributed by atoms with Gasteiger partial charge >= 0.3 is 5.97 Å². The Bertz CT molecular complexity index is 501. The fourth-order valence-electron chi connectivity index (χ4n) is 2.14. The van der Waals surface area contributed by atoms with Crippen LogP contribution in [0.15, 0.2) is 22.7 Å². The number of carbonyl (C=O) groups excluding carboxylic acids is 1. The number of benzene rings is 1. The predicted octanol–water partition coefficient (Wildman–Crippen LogP) is 2.30. The smallest absolute Gasteiger partial charge is 0.308 e. The fourth-order valence-corrected chi connectivity index (χ4v) is 2.50. The van der Waals surface area contributed by atoms with Gasteiger partial charge in [-0.2, -0.15) is 0 Å². The maximum atomic E-state index is 12.3. The molecule has 1 fully saturated rings. The maximum absolute atomic E-state index is 12.3. The third-order valence-electron chi connectivity index (χ3n) is 3.25.